The average molecular weight is 316 g/mol. The van der Waals surface area contributed by atoms with Crippen molar-refractivity contribution in [1.82, 2.24) is 0 Å². The number of fused-ring (bicyclic) bond motifs is 1. The average Bonchev–Trinajstić information content (AvgIpc) is 2.97. The molecular formula is C19H22F2N2. The Morgan fingerprint density at radius 3 is 2.30 bits per heavy atom. The molecule has 2 nitrogen and oxygen atoms in total. The molecule has 1 unspecified atom stereocenters. The van der Waals surface area contributed by atoms with Gasteiger partial charge in [0.05, 0.1) is 0 Å². The fourth-order valence-electron chi connectivity index (χ4n) is 3.53. The van der Waals surface area contributed by atoms with Gasteiger partial charge in [-0.05, 0) is 48.4 Å². The molecule has 1 aliphatic rings. The van der Waals surface area contributed by atoms with Gasteiger partial charge in [-0.2, -0.15) is 0 Å². The van der Waals surface area contributed by atoms with Crippen molar-refractivity contribution < 1.29 is 8.78 Å². The van der Waals surface area contributed by atoms with Crippen molar-refractivity contribution in [2.24, 2.45) is 11.7 Å². The van der Waals surface area contributed by atoms with Gasteiger partial charge in [0.2, 0.25) is 0 Å². The van der Waals surface area contributed by atoms with Gasteiger partial charge in [0.25, 0.3) is 0 Å². The summed E-state index contributed by atoms with van der Waals surface area (Å²) in [4.78, 5) is 1.96. The Morgan fingerprint density at radius 1 is 1.09 bits per heavy atom. The molecule has 0 radical (unpaired) electrons. The lowest BCUT2D eigenvalue weighted by atomic mass is 9.96. The SMILES string of the molecule is CN(c1ccc(F)c(F)c1)C(CN)CC1Cc2ccccc2C1. The van der Waals surface area contributed by atoms with Gasteiger partial charge in [-0.1, -0.05) is 24.3 Å². The van der Waals surface area contributed by atoms with Crippen LogP contribution in [0.5, 0.6) is 0 Å². The van der Waals surface area contributed by atoms with E-state index < -0.39 is 11.6 Å². The Kier molecular flexibility index (Phi) is 4.62. The predicted molar refractivity (Wildman–Crippen MR) is 89.6 cm³/mol. The molecule has 2 aromatic carbocycles. The van der Waals surface area contributed by atoms with E-state index in [1.165, 1.54) is 23.3 Å². The smallest absolute Gasteiger partial charge is 0.160 e. The predicted octanol–water partition coefficient (Wildman–Crippen LogP) is 3.53. The van der Waals surface area contributed by atoms with Crippen LogP contribution in [-0.2, 0) is 12.8 Å². The van der Waals surface area contributed by atoms with E-state index in [4.69, 9.17) is 5.73 Å². The first-order valence-electron chi connectivity index (χ1n) is 8.03. The van der Waals surface area contributed by atoms with E-state index in [9.17, 15) is 8.78 Å². The molecule has 2 N–H and O–H groups in total. The second kappa shape index (κ2) is 6.67. The largest absolute Gasteiger partial charge is 0.370 e. The monoisotopic (exact) mass is 316 g/mol. The lowest BCUT2D eigenvalue weighted by Gasteiger charge is -2.31. The van der Waals surface area contributed by atoms with Gasteiger partial charge in [0.1, 0.15) is 0 Å². The van der Waals surface area contributed by atoms with Crippen LogP contribution >= 0.6 is 0 Å². The number of nitrogens with zero attached hydrogens (tertiary/aromatic N) is 1. The van der Waals surface area contributed by atoms with Gasteiger partial charge in [0.15, 0.2) is 11.6 Å². The van der Waals surface area contributed by atoms with Crippen LogP contribution in [0.25, 0.3) is 0 Å². The maximum absolute atomic E-state index is 13.5. The molecule has 0 spiro atoms. The highest BCUT2D eigenvalue weighted by Gasteiger charge is 2.25. The molecule has 4 heteroatoms. The molecule has 0 heterocycles. The van der Waals surface area contributed by atoms with Gasteiger partial charge < -0.3 is 10.6 Å². The number of halogens is 2. The molecule has 122 valence electrons. The van der Waals surface area contributed by atoms with Crippen molar-refractivity contribution in [1.29, 1.82) is 0 Å². The van der Waals surface area contributed by atoms with Gasteiger partial charge >= 0.3 is 0 Å². The van der Waals surface area contributed by atoms with E-state index in [2.05, 4.69) is 24.3 Å². The summed E-state index contributed by atoms with van der Waals surface area (Å²) < 4.78 is 26.6. The molecule has 0 fully saturated rings. The van der Waals surface area contributed by atoms with Crippen LogP contribution in [0.4, 0.5) is 14.5 Å². The van der Waals surface area contributed by atoms with Crippen LogP contribution in [-0.4, -0.2) is 19.6 Å². The number of nitrogens with two attached hydrogens (primary N) is 1. The molecule has 3 rings (SSSR count). The zero-order valence-corrected chi connectivity index (χ0v) is 13.3. The minimum atomic E-state index is -0.822. The highest BCUT2D eigenvalue weighted by molar-refractivity contribution is 5.47. The van der Waals surface area contributed by atoms with E-state index in [1.54, 1.807) is 6.07 Å². The first kappa shape index (κ1) is 15.9. The number of benzene rings is 2. The van der Waals surface area contributed by atoms with Gasteiger partial charge in [-0.15, -0.1) is 0 Å². The van der Waals surface area contributed by atoms with Crippen LogP contribution in [0.15, 0.2) is 42.5 Å². The van der Waals surface area contributed by atoms with E-state index in [0.29, 0.717) is 18.2 Å². The van der Waals surface area contributed by atoms with E-state index in [0.717, 1.165) is 19.3 Å². The first-order chi connectivity index (χ1) is 11.1. The van der Waals surface area contributed by atoms with Crippen LogP contribution in [0.3, 0.4) is 0 Å². The highest BCUT2D eigenvalue weighted by atomic mass is 19.2. The molecule has 0 saturated carbocycles. The van der Waals surface area contributed by atoms with Gasteiger partial charge in [0, 0.05) is 31.4 Å². The van der Waals surface area contributed by atoms with Crippen LogP contribution < -0.4 is 10.6 Å². The summed E-state index contributed by atoms with van der Waals surface area (Å²) >= 11 is 0. The lowest BCUT2D eigenvalue weighted by molar-refractivity contribution is 0.441. The highest BCUT2D eigenvalue weighted by Crippen LogP contribution is 2.31. The Balaban J connectivity index is 1.69. The Hall–Kier alpha value is -1.94. The topological polar surface area (TPSA) is 29.3 Å². The maximum atomic E-state index is 13.5. The maximum Gasteiger partial charge on any atom is 0.160 e. The van der Waals surface area contributed by atoms with Crippen molar-refractivity contribution >= 4 is 5.69 Å². The first-order valence-corrected chi connectivity index (χ1v) is 8.03. The van der Waals surface area contributed by atoms with Crippen LogP contribution in [0.1, 0.15) is 17.5 Å². The minimum Gasteiger partial charge on any atom is -0.370 e. The van der Waals surface area contributed by atoms with Crippen LogP contribution in [0.2, 0.25) is 0 Å². The molecule has 0 aromatic heterocycles. The fraction of sp³-hybridized carbons (Fsp3) is 0.368. The second-order valence-electron chi connectivity index (χ2n) is 6.38. The molecule has 0 amide bonds. The summed E-state index contributed by atoms with van der Waals surface area (Å²) in [5.41, 5.74) is 9.45. The molecule has 1 aliphatic carbocycles. The number of likely N-dealkylation sites (N-methyl/N-ethyl adjacent to an activating group) is 1. The summed E-state index contributed by atoms with van der Waals surface area (Å²) in [5, 5.41) is 0. The molecule has 0 saturated heterocycles. The minimum absolute atomic E-state index is 0.110. The normalized spacial score (nSPS) is 15.5. The molecule has 1 atom stereocenters. The van der Waals surface area contributed by atoms with Gasteiger partial charge in [-0.3, -0.25) is 0 Å². The molecule has 23 heavy (non-hydrogen) atoms. The summed E-state index contributed by atoms with van der Waals surface area (Å²) in [6.45, 7) is 0.488. The summed E-state index contributed by atoms with van der Waals surface area (Å²) in [5.74, 6) is -1.09. The van der Waals surface area contributed by atoms with Crippen LogP contribution in [0, 0.1) is 17.6 Å². The number of anilines is 1. The Morgan fingerprint density at radius 2 is 1.74 bits per heavy atom. The van der Waals surface area contributed by atoms with E-state index >= 15 is 0 Å². The van der Waals surface area contributed by atoms with E-state index in [-0.39, 0.29) is 6.04 Å². The quantitative estimate of drug-likeness (QED) is 0.914. The zero-order valence-electron chi connectivity index (χ0n) is 13.3. The lowest BCUT2D eigenvalue weighted by Crippen LogP contribution is -2.39. The summed E-state index contributed by atoms with van der Waals surface area (Å²) in [6.07, 6.45) is 3.08. The third-order valence-electron chi connectivity index (χ3n) is 4.87. The molecule has 0 bridgehead atoms. The van der Waals surface area contributed by atoms with Crippen molar-refractivity contribution in [3.8, 4) is 0 Å². The third-order valence-corrected chi connectivity index (χ3v) is 4.87. The zero-order chi connectivity index (χ0) is 16.4. The molecular weight excluding hydrogens is 294 g/mol. The number of hydrogen-bond acceptors (Lipinski definition) is 2. The van der Waals surface area contributed by atoms with Crippen molar-refractivity contribution in [3.05, 3.63) is 65.2 Å². The fourth-order valence-corrected chi connectivity index (χ4v) is 3.53. The summed E-state index contributed by atoms with van der Waals surface area (Å²) in [7, 11) is 1.90. The van der Waals surface area contributed by atoms with E-state index in [1.807, 2.05) is 11.9 Å². The number of hydrogen-bond donors (Lipinski definition) is 1. The van der Waals surface area contributed by atoms with Gasteiger partial charge in [-0.25, -0.2) is 8.78 Å². The molecule has 2 aromatic rings. The third kappa shape index (κ3) is 3.37. The van der Waals surface area contributed by atoms with Crippen molar-refractivity contribution in [2.75, 3.05) is 18.5 Å². The standard InChI is InChI=1S/C19H22F2N2/c1-23(16-6-7-18(20)19(21)11-16)17(12-22)10-13-8-14-4-2-3-5-15(14)9-13/h2-7,11,13,17H,8-10,12,22H2,1H3. The summed E-state index contributed by atoms with van der Waals surface area (Å²) in [6, 6.07) is 12.6. The number of rotatable bonds is 5. The Labute approximate surface area is 135 Å². The Bertz CT molecular complexity index is 662. The van der Waals surface area contributed by atoms with Crippen molar-refractivity contribution in [3.63, 3.8) is 0 Å². The van der Waals surface area contributed by atoms with Crippen molar-refractivity contribution in [2.45, 2.75) is 25.3 Å². The second-order valence-corrected chi connectivity index (χ2v) is 6.38. The molecule has 0 aliphatic heterocycles.